The van der Waals surface area contributed by atoms with Gasteiger partial charge < -0.3 is 5.11 Å². The fraction of sp³-hybridized carbons (Fsp3) is 0.0714. The zero-order valence-electron chi connectivity index (χ0n) is 10.1. The molecule has 0 bridgehead atoms. The van der Waals surface area contributed by atoms with E-state index in [1.54, 1.807) is 12.1 Å². The van der Waals surface area contributed by atoms with Crippen molar-refractivity contribution in [2.45, 2.75) is 10.6 Å². The van der Waals surface area contributed by atoms with Crippen molar-refractivity contribution in [2.24, 2.45) is 0 Å². The maximum Gasteiger partial charge on any atom is 0.338 e. The molecule has 0 aliphatic carbocycles. The minimum Gasteiger partial charge on any atom is -0.478 e. The molecule has 104 valence electrons. The number of benzene rings is 2. The molecule has 20 heavy (non-hydrogen) atoms. The highest BCUT2D eigenvalue weighted by molar-refractivity contribution is 9.10. The third kappa shape index (κ3) is 3.37. The number of hydrogen-bond acceptors (Lipinski definition) is 2. The van der Waals surface area contributed by atoms with Gasteiger partial charge in [0, 0.05) is 10.6 Å². The van der Waals surface area contributed by atoms with Crippen LogP contribution in [0.5, 0.6) is 0 Å². The van der Waals surface area contributed by atoms with E-state index in [0.717, 1.165) is 11.6 Å². The van der Waals surface area contributed by atoms with E-state index in [4.69, 9.17) is 5.11 Å². The maximum absolute atomic E-state index is 13.3. The summed E-state index contributed by atoms with van der Waals surface area (Å²) in [5, 5.41) is 8.85. The molecule has 2 aromatic carbocycles. The molecule has 0 amide bonds. The van der Waals surface area contributed by atoms with Crippen LogP contribution >= 0.6 is 27.7 Å². The van der Waals surface area contributed by atoms with Crippen LogP contribution in [-0.4, -0.2) is 11.1 Å². The second kappa shape index (κ2) is 6.37. The molecule has 0 radical (unpaired) electrons. The molecule has 0 saturated heterocycles. The normalized spacial score (nSPS) is 10.6. The molecule has 0 saturated carbocycles. The number of carboxylic acid groups (broad SMARTS) is 1. The molecular formula is C14H9BrF2O2S. The van der Waals surface area contributed by atoms with Crippen LogP contribution in [0.2, 0.25) is 0 Å². The lowest BCUT2D eigenvalue weighted by molar-refractivity contribution is 0.0691. The first-order valence-electron chi connectivity index (χ1n) is 5.57. The number of carboxylic acids is 1. The molecular weight excluding hydrogens is 350 g/mol. The quantitative estimate of drug-likeness (QED) is 0.803. The van der Waals surface area contributed by atoms with Gasteiger partial charge in [-0.3, -0.25) is 0 Å². The monoisotopic (exact) mass is 358 g/mol. The van der Waals surface area contributed by atoms with Gasteiger partial charge in [-0.25, -0.2) is 13.6 Å². The van der Waals surface area contributed by atoms with Crippen LogP contribution in [0.3, 0.4) is 0 Å². The van der Waals surface area contributed by atoms with Crippen molar-refractivity contribution >= 4 is 33.7 Å². The van der Waals surface area contributed by atoms with Crippen LogP contribution < -0.4 is 0 Å². The first kappa shape index (κ1) is 15.0. The number of rotatable bonds is 4. The molecule has 0 heterocycles. The van der Waals surface area contributed by atoms with Gasteiger partial charge in [-0.1, -0.05) is 12.1 Å². The van der Waals surface area contributed by atoms with Crippen LogP contribution in [0, 0.1) is 11.6 Å². The van der Waals surface area contributed by atoms with E-state index in [-0.39, 0.29) is 11.4 Å². The predicted octanol–water partition coefficient (Wildman–Crippen LogP) is 4.72. The van der Waals surface area contributed by atoms with Gasteiger partial charge in [0.15, 0.2) is 0 Å². The number of thioether (sulfide) groups is 1. The average molecular weight is 359 g/mol. The second-order valence-corrected chi connectivity index (χ2v) is 5.79. The topological polar surface area (TPSA) is 37.3 Å². The fourth-order valence-corrected chi connectivity index (χ4v) is 3.10. The van der Waals surface area contributed by atoms with E-state index in [1.807, 2.05) is 0 Å². The zero-order valence-corrected chi connectivity index (χ0v) is 12.5. The summed E-state index contributed by atoms with van der Waals surface area (Å²) in [4.78, 5) is 11.5. The first-order chi connectivity index (χ1) is 9.49. The van der Waals surface area contributed by atoms with E-state index in [1.165, 1.54) is 30.0 Å². The highest BCUT2D eigenvalue weighted by Crippen LogP contribution is 2.29. The minimum atomic E-state index is -1.31. The maximum atomic E-state index is 13.3. The Labute approximate surface area is 126 Å². The van der Waals surface area contributed by atoms with Gasteiger partial charge in [-0.05, 0) is 45.8 Å². The molecule has 0 fully saturated rings. The number of halogens is 3. The summed E-state index contributed by atoms with van der Waals surface area (Å²) in [6.45, 7) is 0. The summed E-state index contributed by atoms with van der Waals surface area (Å²) in [5.41, 5.74) is 0.379. The Morgan fingerprint density at radius 2 is 1.95 bits per heavy atom. The summed E-state index contributed by atoms with van der Waals surface area (Å²) in [6, 6.07) is 8.60. The molecule has 0 aliphatic rings. The lowest BCUT2D eigenvalue weighted by Crippen LogP contribution is -2.00. The SMILES string of the molecule is O=C(O)c1cc(SCc2cccc(F)c2Br)ccc1F. The van der Waals surface area contributed by atoms with Crippen molar-refractivity contribution in [3.8, 4) is 0 Å². The highest BCUT2D eigenvalue weighted by atomic mass is 79.9. The molecule has 0 aliphatic heterocycles. The summed E-state index contributed by atoms with van der Waals surface area (Å²) in [5.74, 6) is -1.98. The van der Waals surface area contributed by atoms with Crippen molar-refractivity contribution in [3.63, 3.8) is 0 Å². The molecule has 0 atom stereocenters. The van der Waals surface area contributed by atoms with Crippen LogP contribution in [0.1, 0.15) is 15.9 Å². The molecule has 0 unspecified atom stereocenters. The van der Waals surface area contributed by atoms with E-state index < -0.39 is 11.8 Å². The molecule has 2 rings (SSSR count). The lowest BCUT2D eigenvalue weighted by Gasteiger charge is -2.06. The smallest absolute Gasteiger partial charge is 0.338 e. The van der Waals surface area contributed by atoms with E-state index in [0.29, 0.717) is 15.1 Å². The van der Waals surface area contributed by atoms with E-state index >= 15 is 0 Å². The fourth-order valence-electron chi connectivity index (χ4n) is 1.58. The van der Waals surface area contributed by atoms with Gasteiger partial charge >= 0.3 is 5.97 Å². The number of hydrogen-bond donors (Lipinski definition) is 1. The zero-order chi connectivity index (χ0) is 14.7. The Kier molecular flexibility index (Phi) is 4.77. The largest absolute Gasteiger partial charge is 0.478 e. The van der Waals surface area contributed by atoms with Crippen LogP contribution in [0.25, 0.3) is 0 Å². The Hall–Kier alpha value is -1.40. The molecule has 0 spiro atoms. The van der Waals surface area contributed by atoms with Crippen LogP contribution in [-0.2, 0) is 5.75 Å². The summed E-state index contributed by atoms with van der Waals surface area (Å²) in [7, 11) is 0. The van der Waals surface area contributed by atoms with E-state index in [9.17, 15) is 13.6 Å². The molecule has 6 heteroatoms. The Morgan fingerprint density at radius 3 is 2.65 bits per heavy atom. The van der Waals surface area contributed by atoms with Crippen LogP contribution in [0.15, 0.2) is 45.8 Å². The Bertz CT molecular complexity index is 662. The van der Waals surface area contributed by atoms with Gasteiger partial charge in [-0.2, -0.15) is 0 Å². The Morgan fingerprint density at radius 1 is 1.20 bits per heavy atom. The van der Waals surface area contributed by atoms with E-state index in [2.05, 4.69) is 15.9 Å². The summed E-state index contributed by atoms with van der Waals surface area (Å²) in [6.07, 6.45) is 0. The number of carbonyl (C=O) groups is 1. The Balaban J connectivity index is 2.17. The molecule has 2 aromatic rings. The highest BCUT2D eigenvalue weighted by Gasteiger charge is 2.12. The third-order valence-corrected chi connectivity index (χ3v) is 4.52. The minimum absolute atomic E-state index is 0.353. The number of aromatic carboxylic acids is 1. The van der Waals surface area contributed by atoms with Crippen molar-refractivity contribution in [1.82, 2.24) is 0 Å². The third-order valence-electron chi connectivity index (χ3n) is 2.59. The predicted molar refractivity (Wildman–Crippen MR) is 77.0 cm³/mol. The standard InChI is InChI=1S/C14H9BrF2O2S/c15-13-8(2-1-3-12(13)17)7-20-9-4-5-11(16)10(6-9)14(18)19/h1-6H,7H2,(H,18,19). The second-order valence-electron chi connectivity index (χ2n) is 3.95. The first-order valence-corrected chi connectivity index (χ1v) is 7.35. The van der Waals surface area contributed by atoms with Crippen molar-refractivity contribution in [3.05, 3.63) is 63.6 Å². The van der Waals surface area contributed by atoms with Gasteiger partial charge in [-0.15, -0.1) is 11.8 Å². The molecule has 1 N–H and O–H groups in total. The van der Waals surface area contributed by atoms with Crippen molar-refractivity contribution in [2.75, 3.05) is 0 Å². The van der Waals surface area contributed by atoms with Gasteiger partial charge in [0.05, 0.1) is 10.0 Å². The van der Waals surface area contributed by atoms with Gasteiger partial charge in [0.25, 0.3) is 0 Å². The molecule has 0 aromatic heterocycles. The summed E-state index contributed by atoms with van der Waals surface area (Å²) >= 11 is 4.47. The van der Waals surface area contributed by atoms with Crippen molar-refractivity contribution in [1.29, 1.82) is 0 Å². The average Bonchev–Trinajstić information content (AvgIpc) is 2.41. The lowest BCUT2D eigenvalue weighted by atomic mass is 10.2. The van der Waals surface area contributed by atoms with Crippen molar-refractivity contribution < 1.29 is 18.7 Å². The van der Waals surface area contributed by atoms with Gasteiger partial charge in [0.2, 0.25) is 0 Å². The van der Waals surface area contributed by atoms with Gasteiger partial charge in [0.1, 0.15) is 11.6 Å². The summed E-state index contributed by atoms with van der Waals surface area (Å²) < 4.78 is 27.0. The van der Waals surface area contributed by atoms with Crippen LogP contribution in [0.4, 0.5) is 8.78 Å². The molecule has 2 nitrogen and oxygen atoms in total.